The standard InChI is InChI=1S/C18H29N3O2Si/c1-5-18(13-19,14-23-11-15-9-7-6-8-10-15)21-17(22)16(20)12-24(2,3)4/h6-10,16H,5,11-12,14,20H2,1-4H3,(H,21,22). The summed E-state index contributed by atoms with van der Waals surface area (Å²) in [7, 11) is -1.45. The van der Waals surface area contributed by atoms with E-state index in [0.717, 1.165) is 5.56 Å². The lowest BCUT2D eigenvalue weighted by molar-refractivity contribution is -0.124. The van der Waals surface area contributed by atoms with Crippen molar-refractivity contribution in [3.05, 3.63) is 35.9 Å². The molecule has 5 nitrogen and oxygen atoms in total. The molecule has 0 aliphatic carbocycles. The third kappa shape index (κ3) is 6.83. The first kappa shape index (κ1) is 20.4. The van der Waals surface area contributed by atoms with Crippen LogP contribution >= 0.6 is 0 Å². The van der Waals surface area contributed by atoms with E-state index in [0.29, 0.717) is 19.1 Å². The van der Waals surface area contributed by atoms with Gasteiger partial charge in [-0.15, -0.1) is 0 Å². The molecule has 1 rings (SSSR count). The zero-order chi connectivity index (χ0) is 18.2. The fourth-order valence-corrected chi connectivity index (χ4v) is 3.87. The van der Waals surface area contributed by atoms with Crippen LogP contribution in [0.2, 0.25) is 25.7 Å². The number of carbonyl (C=O) groups excluding carboxylic acids is 1. The van der Waals surface area contributed by atoms with Gasteiger partial charge in [0.25, 0.3) is 0 Å². The third-order valence-corrected chi connectivity index (χ3v) is 5.47. The fraction of sp³-hybridized carbons (Fsp3) is 0.556. The van der Waals surface area contributed by atoms with Crippen LogP contribution in [-0.4, -0.2) is 32.2 Å². The van der Waals surface area contributed by atoms with Crippen LogP contribution in [0.1, 0.15) is 18.9 Å². The number of ether oxygens (including phenoxy) is 1. The summed E-state index contributed by atoms with van der Waals surface area (Å²) in [5, 5.41) is 12.4. The molecule has 24 heavy (non-hydrogen) atoms. The van der Waals surface area contributed by atoms with E-state index in [9.17, 15) is 10.1 Å². The van der Waals surface area contributed by atoms with Gasteiger partial charge in [-0.25, -0.2) is 0 Å². The molecule has 0 saturated carbocycles. The number of nitriles is 1. The minimum atomic E-state index is -1.45. The Hall–Kier alpha value is -1.68. The Morgan fingerprint density at radius 1 is 1.38 bits per heavy atom. The summed E-state index contributed by atoms with van der Waals surface area (Å²) in [6, 6.07) is 12.0. The predicted octanol–water partition coefficient (Wildman–Crippen LogP) is 2.66. The van der Waals surface area contributed by atoms with E-state index in [1.165, 1.54) is 0 Å². The van der Waals surface area contributed by atoms with Gasteiger partial charge in [-0.2, -0.15) is 5.26 Å². The summed E-state index contributed by atoms with van der Waals surface area (Å²) in [5.41, 5.74) is 6.00. The fourth-order valence-electron chi connectivity index (χ4n) is 2.36. The van der Waals surface area contributed by atoms with Gasteiger partial charge in [-0.3, -0.25) is 4.79 Å². The first-order valence-corrected chi connectivity index (χ1v) is 12.0. The van der Waals surface area contributed by atoms with Crippen LogP contribution in [0, 0.1) is 11.3 Å². The zero-order valence-corrected chi connectivity index (χ0v) is 16.1. The predicted molar refractivity (Wildman–Crippen MR) is 99.0 cm³/mol. The van der Waals surface area contributed by atoms with Gasteiger partial charge in [0.1, 0.15) is 0 Å². The number of rotatable bonds is 9. The molecule has 6 heteroatoms. The van der Waals surface area contributed by atoms with E-state index < -0.39 is 19.7 Å². The van der Waals surface area contributed by atoms with Crippen molar-refractivity contribution in [2.45, 2.75) is 57.2 Å². The van der Waals surface area contributed by atoms with Crippen LogP contribution in [0.3, 0.4) is 0 Å². The Morgan fingerprint density at radius 3 is 2.50 bits per heavy atom. The lowest BCUT2D eigenvalue weighted by atomic mass is 9.98. The molecule has 0 heterocycles. The van der Waals surface area contributed by atoms with Gasteiger partial charge in [0.05, 0.1) is 25.3 Å². The van der Waals surface area contributed by atoms with Gasteiger partial charge >= 0.3 is 0 Å². The number of nitrogens with one attached hydrogen (secondary N) is 1. The minimum absolute atomic E-state index is 0.139. The maximum absolute atomic E-state index is 12.4. The Kier molecular flexibility index (Phi) is 7.61. The number of nitrogens with two attached hydrogens (primary N) is 1. The van der Waals surface area contributed by atoms with E-state index >= 15 is 0 Å². The first-order valence-electron chi connectivity index (χ1n) is 8.32. The van der Waals surface area contributed by atoms with E-state index in [1.54, 1.807) is 0 Å². The number of benzene rings is 1. The van der Waals surface area contributed by atoms with E-state index in [1.807, 2.05) is 37.3 Å². The molecule has 2 atom stereocenters. The summed E-state index contributed by atoms with van der Waals surface area (Å²) in [5.74, 6) is -0.274. The number of hydrogen-bond donors (Lipinski definition) is 2. The summed E-state index contributed by atoms with van der Waals surface area (Å²) in [6.45, 7) is 8.90. The molecule has 1 amide bonds. The van der Waals surface area contributed by atoms with Gasteiger partial charge in [-0.1, -0.05) is 56.9 Å². The molecule has 1 aromatic rings. The Labute approximate surface area is 146 Å². The van der Waals surface area contributed by atoms with Crippen molar-refractivity contribution in [3.8, 4) is 6.07 Å². The molecular formula is C18H29N3O2Si. The Bertz CT molecular complexity index is 566. The summed E-state index contributed by atoms with van der Waals surface area (Å²) >= 11 is 0. The lowest BCUT2D eigenvalue weighted by Crippen LogP contribution is -2.56. The maximum Gasteiger partial charge on any atom is 0.237 e. The molecule has 0 bridgehead atoms. The highest BCUT2D eigenvalue weighted by Crippen LogP contribution is 2.15. The van der Waals surface area contributed by atoms with Gasteiger partial charge < -0.3 is 15.8 Å². The van der Waals surface area contributed by atoms with Crippen molar-refractivity contribution in [1.29, 1.82) is 5.26 Å². The van der Waals surface area contributed by atoms with Gasteiger partial charge in [-0.05, 0) is 18.0 Å². The number of hydrogen-bond acceptors (Lipinski definition) is 4. The van der Waals surface area contributed by atoms with Gasteiger partial charge in [0.15, 0.2) is 5.54 Å². The van der Waals surface area contributed by atoms with Crippen molar-refractivity contribution in [2.24, 2.45) is 5.73 Å². The third-order valence-electron chi connectivity index (χ3n) is 3.81. The van der Waals surface area contributed by atoms with Crippen molar-refractivity contribution in [1.82, 2.24) is 5.32 Å². The highest BCUT2D eigenvalue weighted by molar-refractivity contribution is 6.76. The Morgan fingerprint density at radius 2 is 2.00 bits per heavy atom. The second kappa shape index (κ2) is 8.97. The molecule has 0 aliphatic rings. The molecule has 1 aromatic carbocycles. The largest absolute Gasteiger partial charge is 0.373 e. The van der Waals surface area contributed by atoms with Crippen LogP contribution in [0.25, 0.3) is 0 Å². The smallest absolute Gasteiger partial charge is 0.237 e. The normalized spacial score (nSPS) is 15.2. The molecule has 0 radical (unpaired) electrons. The second-order valence-corrected chi connectivity index (χ2v) is 12.9. The van der Waals surface area contributed by atoms with Gasteiger partial charge in [0, 0.05) is 8.07 Å². The monoisotopic (exact) mass is 347 g/mol. The van der Waals surface area contributed by atoms with Crippen molar-refractivity contribution in [3.63, 3.8) is 0 Å². The average molecular weight is 348 g/mol. The highest BCUT2D eigenvalue weighted by Gasteiger charge is 2.33. The van der Waals surface area contributed by atoms with E-state index in [4.69, 9.17) is 10.5 Å². The van der Waals surface area contributed by atoms with Crippen LogP contribution in [0.4, 0.5) is 0 Å². The highest BCUT2D eigenvalue weighted by atomic mass is 28.3. The van der Waals surface area contributed by atoms with Crippen LogP contribution in [0.15, 0.2) is 30.3 Å². The summed E-state index contributed by atoms with van der Waals surface area (Å²) in [6.07, 6.45) is 0.462. The average Bonchev–Trinajstić information content (AvgIpc) is 2.53. The molecule has 0 aromatic heterocycles. The minimum Gasteiger partial charge on any atom is -0.373 e. The number of nitrogens with zero attached hydrogens (tertiary/aromatic N) is 1. The van der Waals surface area contributed by atoms with Crippen molar-refractivity contribution in [2.75, 3.05) is 6.61 Å². The topological polar surface area (TPSA) is 88.1 Å². The molecule has 3 N–H and O–H groups in total. The van der Waals surface area contributed by atoms with Crippen molar-refractivity contribution < 1.29 is 9.53 Å². The molecule has 0 aliphatic heterocycles. The number of carbonyl (C=O) groups is 1. The second-order valence-electron chi connectivity index (χ2n) is 7.39. The SMILES string of the molecule is CCC(C#N)(COCc1ccccc1)NC(=O)C(N)C[Si](C)(C)C. The number of amides is 1. The molecule has 132 valence electrons. The van der Waals surface area contributed by atoms with Crippen LogP contribution in [0.5, 0.6) is 0 Å². The molecular weight excluding hydrogens is 318 g/mol. The maximum atomic E-state index is 12.4. The first-order chi connectivity index (χ1) is 11.2. The molecule has 2 unspecified atom stereocenters. The van der Waals surface area contributed by atoms with E-state index in [2.05, 4.69) is 31.0 Å². The van der Waals surface area contributed by atoms with E-state index in [-0.39, 0.29) is 12.5 Å². The molecule has 0 saturated heterocycles. The zero-order valence-electron chi connectivity index (χ0n) is 15.1. The van der Waals surface area contributed by atoms with Crippen LogP contribution in [-0.2, 0) is 16.1 Å². The Balaban J connectivity index is 2.63. The summed E-state index contributed by atoms with van der Waals surface area (Å²) < 4.78 is 5.68. The summed E-state index contributed by atoms with van der Waals surface area (Å²) in [4.78, 5) is 12.4. The van der Waals surface area contributed by atoms with Gasteiger partial charge in [0.2, 0.25) is 5.91 Å². The van der Waals surface area contributed by atoms with Crippen LogP contribution < -0.4 is 11.1 Å². The quantitative estimate of drug-likeness (QED) is 0.672. The molecule has 0 spiro atoms. The lowest BCUT2D eigenvalue weighted by Gasteiger charge is -2.29. The molecule has 0 fully saturated rings. The van der Waals surface area contributed by atoms with Crippen molar-refractivity contribution >= 4 is 14.0 Å².